The monoisotopic (exact) mass is 331 g/mol. The van der Waals surface area contributed by atoms with Crippen LogP contribution >= 0.6 is 15.9 Å². The Kier molecular flexibility index (Phi) is 3.74. The maximum Gasteiger partial charge on any atom is 0.316 e. The molecule has 0 spiro atoms. The van der Waals surface area contributed by atoms with Crippen molar-refractivity contribution in [2.24, 2.45) is 5.14 Å². The second-order valence-corrected chi connectivity index (χ2v) is 5.12. The van der Waals surface area contributed by atoms with Gasteiger partial charge in [0.2, 0.25) is 10.0 Å². The van der Waals surface area contributed by atoms with Gasteiger partial charge in [-0.2, -0.15) is 0 Å². The SMILES string of the molecule is NS(=O)(=O)c1cc(Br)nc(C(F)F)c1[N+](=O)[O-]. The molecule has 0 fully saturated rings. The summed E-state index contributed by atoms with van der Waals surface area (Å²) in [6.45, 7) is 0. The van der Waals surface area contributed by atoms with Crippen molar-refractivity contribution in [2.45, 2.75) is 11.3 Å². The first-order valence-electron chi connectivity index (χ1n) is 3.80. The fourth-order valence-electron chi connectivity index (χ4n) is 1.06. The summed E-state index contributed by atoms with van der Waals surface area (Å²) in [7, 11) is -4.50. The summed E-state index contributed by atoms with van der Waals surface area (Å²) >= 11 is 2.67. The molecule has 0 amide bonds. The molecule has 1 heterocycles. The molecular weight excluding hydrogens is 328 g/mol. The molecule has 0 saturated heterocycles. The molecule has 1 aromatic heterocycles. The predicted molar refractivity (Wildman–Crippen MR) is 54.9 cm³/mol. The number of sulfonamides is 1. The fraction of sp³-hybridized carbons (Fsp3) is 0.167. The third kappa shape index (κ3) is 2.92. The quantitative estimate of drug-likeness (QED) is 0.509. The van der Waals surface area contributed by atoms with Gasteiger partial charge < -0.3 is 0 Å². The van der Waals surface area contributed by atoms with Crippen LogP contribution in [0.1, 0.15) is 12.1 Å². The van der Waals surface area contributed by atoms with Crippen molar-refractivity contribution >= 4 is 31.6 Å². The Hall–Kier alpha value is -1.20. The van der Waals surface area contributed by atoms with Crippen LogP contribution in [0.4, 0.5) is 14.5 Å². The first-order chi connectivity index (χ1) is 7.64. The highest BCUT2D eigenvalue weighted by Gasteiger charge is 2.33. The molecule has 11 heteroatoms. The molecule has 17 heavy (non-hydrogen) atoms. The highest BCUT2D eigenvalue weighted by Crippen LogP contribution is 2.34. The van der Waals surface area contributed by atoms with Crippen LogP contribution < -0.4 is 5.14 Å². The highest BCUT2D eigenvalue weighted by molar-refractivity contribution is 9.10. The van der Waals surface area contributed by atoms with Gasteiger partial charge >= 0.3 is 5.69 Å². The molecule has 1 aromatic rings. The number of alkyl halides is 2. The number of rotatable bonds is 3. The molecule has 94 valence electrons. The number of primary sulfonamides is 1. The summed E-state index contributed by atoms with van der Waals surface area (Å²) < 4.78 is 46.9. The predicted octanol–water partition coefficient (Wildman–Crippen LogP) is 1.34. The Labute approximate surface area is 102 Å². The molecular formula is C6H4BrF2N3O4S. The Morgan fingerprint density at radius 2 is 2.06 bits per heavy atom. The average molecular weight is 332 g/mol. The minimum absolute atomic E-state index is 0.289. The molecule has 0 aliphatic rings. The molecule has 0 aliphatic carbocycles. The van der Waals surface area contributed by atoms with Crippen LogP contribution in [-0.4, -0.2) is 18.3 Å². The first-order valence-corrected chi connectivity index (χ1v) is 6.14. The van der Waals surface area contributed by atoms with E-state index in [9.17, 15) is 27.3 Å². The molecule has 0 saturated carbocycles. The van der Waals surface area contributed by atoms with E-state index in [0.29, 0.717) is 6.07 Å². The molecule has 0 radical (unpaired) electrons. The van der Waals surface area contributed by atoms with Crippen molar-refractivity contribution in [1.29, 1.82) is 0 Å². The Morgan fingerprint density at radius 3 is 2.41 bits per heavy atom. The zero-order chi connectivity index (χ0) is 13.4. The summed E-state index contributed by atoms with van der Waals surface area (Å²) in [6.07, 6.45) is -3.30. The van der Waals surface area contributed by atoms with Crippen molar-refractivity contribution in [2.75, 3.05) is 0 Å². The second-order valence-electron chi connectivity index (χ2n) is 2.78. The van der Waals surface area contributed by atoms with Gasteiger partial charge in [-0.1, -0.05) is 0 Å². The summed E-state index contributed by atoms with van der Waals surface area (Å²) in [5.41, 5.74) is -2.57. The molecule has 0 aromatic carbocycles. The maximum absolute atomic E-state index is 12.5. The van der Waals surface area contributed by atoms with Crippen LogP contribution in [0, 0.1) is 10.1 Å². The van der Waals surface area contributed by atoms with Crippen LogP contribution in [0.15, 0.2) is 15.6 Å². The van der Waals surface area contributed by atoms with Gasteiger partial charge in [-0.15, -0.1) is 0 Å². The van der Waals surface area contributed by atoms with Gasteiger partial charge in [0.05, 0.1) is 4.92 Å². The standard InChI is InChI=1S/C6H4BrF2N3O4S/c7-3-1-2(17(10,15)16)5(12(13)14)4(11-3)6(8)9/h1,6H,(H2,10,15,16). The molecule has 0 unspecified atom stereocenters. The van der Waals surface area contributed by atoms with E-state index in [1.54, 1.807) is 0 Å². The van der Waals surface area contributed by atoms with E-state index in [1.807, 2.05) is 0 Å². The van der Waals surface area contributed by atoms with Crippen molar-refractivity contribution in [1.82, 2.24) is 4.98 Å². The lowest BCUT2D eigenvalue weighted by atomic mass is 10.3. The Morgan fingerprint density at radius 1 is 1.53 bits per heavy atom. The van der Waals surface area contributed by atoms with Gasteiger partial charge in [0.25, 0.3) is 6.43 Å². The number of nitro groups is 1. The highest BCUT2D eigenvalue weighted by atomic mass is 79.9. The van der Waals surface area contributed by atoms with Gasteiger partial charge in [0.15, 0.2) is 10.6 Å². The van der Waals surface area contributed by atoms with E-state index in [4.69, 9.17) is 5.14 Å². The lowest BCUT2D eigenvalue weighted by molar-refractivity contribution is -0.389. The zero-order valence-electron chi connectivity index (χ0n) is 7.80. The largest absolute Gasteiger partial charge is 0.316 e. The van der Waals surface area contributed by atoms with Crippen molar-refractivity contribution in [3.05, 3.63) is 26.5 Å². The van der Waals surface area contributed by atoms with Crippen LogP contribution in [-0.2, 0) is 10.0 Å². The number of nitrogens with zero attached hydrogens (tertiary/aromatic N) is 2. The van der Waals surface area contributed by atoms with Crippen molar-refractivity contribution in [3.63, 3.8) is 0 Å². The van der Waals surface area contributed by atoms with Gasteiger partial charge in [-0.3, -0.25) is 10.1 Å². The summed E-state index contributed by atoms with van der Waals surface area (Å²) in [5, 5.41) is 15.3. The van der Waals surface area contributed by atoms with E-state index in [1.165, 1.54) is 0 Å². The molecule has 0 aliphatic heterocycles. The number of aromatic nitrogens is 1. The fourth-order valence-corrected chi connectivity index (χ4v) is 2.35. The van der Waals surface area contributed by atoms with Gasteiger partial charge in [-0.05, 0) is 22.0 Å². The van der Waals surface area contributed by atoms with Crippen molar-refractivity contribution < 1.29 is 22.1 Å². The minimum Gasteiger partial charge on any atom is -0.258 e. The summed E-state index contributed by atoms with van der Waals surface area (Å²) in [6, 6.07) is 0.694. The van der Waals surface area contributed by atoms with E-state index < -0.39 is 37.6 Å². The van der Waals surface area contributed by atoms with Crippen LogP contribution in [0.3, 0.4) is 0 Å². The van der Waals surface area contributed by atoms with E-state index in [0.717, 1.165) is 0 Å². The van der Waals surface area contributed by atoms with Crippen LogP contribution in [0.5, 0.6) is 0 Å². The first kappa shape index (κ1) is 13.9. The van der Waals surface area contributed by atoms with E-state index in [2.05, 4.69) is 20.9 Å². The van der Waals surface area contributed by atoms with Crippen LogP contribution in [0.2, 0.25) is 0 Å². The number of hydrogen-bond donors (Lipinski definition) is 1. The van der Waals surface area contributed by atoms with Gasteiger partial charge in [-0.25, -0.2) is 27.3 Å². The zero-order valence-corrected chi connectivity index (χ0v) is 10.2. The number of halogens is 3. The Balaban J connectivity index is 3.77. The van der Waals surface area contributed by atoms with Crippen molar-refractivity contribution in [3.8, 4) is 0 Å². The Bertz CT molecular complexity index is 577. The number of hydrogen-bond acceptors (Lipinski definition) is 5. The second kappa shape index (κ2) is 4.58. The molecule has 7 nitrogen and oxygen atoms in total. The molecule has 2 N–H and O–H groups in total. The third-order valence-electron chi connectivity index (χ3n) is 1.65. The third-order valence-corrected chi connectivity index (χ3v) is 2.98. The van der Waals surface area contributed by atoms with Gasteiger partial charge in [0.1, 0.15) is 4.60 Å². The summed E-state index contributed by atoms with van der Waals surface area (Å²) in [4.78, 5) is 11.5. The number of nitrogens with two attached hydrogens (primary N) is 1. The number of pyridine rings is 1. The molecule has 1 rings (SSSR count). The van der Waals surface area contributed by atoms with E-state index in [-0.39, 0.29) is 4.60 Å². The minimum atomic E-state index is -4.50. The average Bonchev–Trinajstić information content (AvgIpc) is 2.14. The van der Waals surface area contributed by atoms with Crippen LogP contribution in [0.25, 0.3) is 0 Å². The van der Waals surface area contributed by atoms with E-state index >= 15 is 0 Å². The smallest absolute Gasteiger partial charge is 0.258 e. The maximum atomic E-state index is 12.5. The molecule has 0 bridgehead atoms. The molecule has 0 atom stereocenters. The summed E-state index contributed by atoms with van der Waals surface area (Å²) in [5.74, 6) is 0. The lowest BCUT2D eigenvalue weighted by Gasteiger charge is -2.05. The van der Waals surface area contributed by atoms with Gasteiger partial charge in [0, 0.05) is 0 Å². The topological polar surface area (TPSA) is 116 Å². The lowest BCUT2D eigenvalue weighted by Crippen LogP contribution is -2.16. The normalized spacial score (nSPS) is 11.8.